The van der Waals surface area contributed by atoms with Gasteiger partial charge in [-0.2, -0.15) is 0 Å². The third-order valence-electron chi connectivity index (χ3n) is 3.85. The number of ether oxygens (including phenoxy) is 1. The predicted octanol–water partition coefficient (Wildman–Crippen LogP) is 4.40. The van der Waals surface area contributed by atoms with Crippen LogP contribution in [0.5, 0.6) is 5.75 Å². The Bertz CT molecular complexity index is 557. The quantitative estimate of drug-likeness (QED) is 0.819. The van der Waals surface area contributed by atoms with Gasteiger partial charge in [-0.1, -0.05) is 26.0 Å². The van der Waals surface area contributed by atoms with Crippen LogP contribution >= 0.6 is 0 Å². The molecule has 2 rings (SSSR count). The molecular formula is C18H25NO2. The molecule has 0 aliphatic carbocycles. The van der Waals surface area contributed by atoms with Gasteiger partial charge in [-0.25, -0.2) is 0 Å². The summed E-state index contributed by atoms with van der Waals surface area (Å²) in [5.74, 6) is 3.31. The molecule has 0 bridgehead atoms. The van der Waals surface area contributed by atoms with E-state index in [1.807, 2.05) is 25.2 Å². The Kier molecular flexibility index (Phi) is 5.45. The topological polar surface area (TPSA) is 34.4 Å². The van der Waals surface area contributed by atoms with Gasteiger partial charge in [0.1, 0.15) is 23.9 Å². The third kappa shape index (κ3) is 4.11. The molecule has 1 heterocycles. The van der Waals surface area contributed by atoms with Crippen LogP contribution in [0.3, 0.4) is 0 Å². The Balaban J connectivity index is 1.95. The Hall–Kier alpha value is -1.74. The second-order valence-corrected chi connectivity index (χ2v) is 5.52. The number of rotatable bonds is 7. The van der Waals surface area contributed by atoms with Crippen LogP contribution in [0.15, 0.2) is 34.7 Å². The highest BCUT2D eigenvalue weighted by atomic mass is 16.5. The van der Waals surface area contributed by atoms with Gasteiger partial charge in [0, 0.05) is 0 Å². The number of aryl methyl sites for hydroxylation is 1. The van der Waals surface area contributed by atoms with Crippen LogP contribution in [-0.2, 0) is 13.2 Å². The first-order chi connectivity index (χ1) is 10.1. The standard InChI is InChI=1S/C18H25NO2/c1-5-13(2)15-6-8-16(9-7-15)20-12-17-10-14(3)18(21-17)11-19-4/h6-10,13,19H,5,11-12H2,1-4H3. The first kappa shape index (κ1) is 15.6. The van der Waals surface area contributed by atoms with Crippen LogP contribution in [-0.4, -0.2) is 7.05 Å². The van der Waals surface area contributed by atoms with Gasteiger partial charge in [0.25, 0.3) is 0 Å². The molecule has 0 saturated carbocycles. The van der Waals surface area contributed by atoms with Crippen molar-refractivity contribution in [2.24, 2.45) is 0 Å². The summed E-state index contributed by atoms with van der Waals surface area (Å²) in [6.07, 6.45) is 1.15. The minimum atomic E-state index is 0.466. The van der Waals surface area contributed by atoms with E-state index in [4.69, 9.17) is 9.15 Å². The summed E-state index contributed by atoms with van der Waals surface area (Å²) in [6.45, 7) is 7.71. The van der Waals surface area contributed by atoms with Crippen molar-refractivity contribution in [2.45, 2.75) is 46.3 Å². The molecule has 1 atom stereocenters. The summed E-state index contributed by atoms with van der Waals surface area (Å²) < 4.78 is 11.6. The maximum absolute atomic E-state index is 5.79. The molecule has 114 valence electrons. The van der Waals surface area contributed by atoms with Crippen molar-refractivity contribution in [3.05, 3.63) is 53.0 Å². The van der Waals surface area contributed by atoms with Gasteiger partial charge in [0.05, 0.1) is 6.54 Å². The molecule has 1 aromatic carbocycles. The number of hydrogen-bond donors (Lipinski definition) is 1. The van der Waals surface area contributed by atoms with E-state index >= 15 is 0 Å². The molecule has 3 heteroatoms. The summed E-state index contributed by atoms with van der Waals surface area (Å²) in [7, 11) is 1.91. The molecule has 0 radical (unpaired) electrons. The minimum Gasteiger partial charge on any atom is -0.486 e. The molecule has 0 spiro atoms. The zero-order chi connectivity index (χ0) is 15.2. The highest BCUT2D eigenvalue weighted by Gasteiger charge is 2.08. The molecule has 0 saturated heterocycles. The van der Waals surface area contributed by atoms with Crippen molar-refractivity contribution >= 4 is 0 Å². The van der Waals surface area contributed by atoms with Crippen molar-refractivity contribution in [3.8, 4) is 5.75 Å². The van der Waals surface area contributed by atoms with E-state index in [2.05, 4.69) is 38.2 Å². The monoisotopic (exact) mass is 287 g/mol. The SMILES string of the molecule is CCC(C)c1ccc(OCc2cc(C)c(CNC)o2)cc1. The zero-order valence-corrected chi connectivity index (χ0v) is 13.4. The van der Waals surface area contributed by atoms with E-state index in [1.165, 1.54) is 5.56 Å². The van der Waals surface area contributed by atoms with Crippen LogP contribution < -0.4 is 10.1 Å². The molecule has 0 aliphatic rings. The average molecular weight is 287 g/mol. The molecule has 0 fully saturated rings. The van der Waals surface area contributed by atoms with Gasteiger partial charge in [-0.05, 0) is 55.6 Å². The highest BCUT2D eigenvalue weighted by Crippen LogP contribution is 2.22. The minimum absolute atomic E-state index is 0.466. The second kappa shape index (κ2) is 7.32. The van der Waals surface area contributed by atoms with Crippen molar-refractivity contribution in [1.29, 1.82) is 0 Å². The summed E-state index contributed by atoms with van der Waals surface area (Å²) >= 11 is 0. The number of hydrogen-bond acceptors (Lipinski definition) is 3. The van der Waals surface area contributed by atoms with E-state index in [0.29, 0.717) is 12.5 Å². The Morgan fingerprint density at radius 2 is 1.95 bits per heavy atom. The Morgan fingerprint density at radius 3 is 2.57 bits per heavy atom. The van der Waals surface area contributed by atoms with Crippen LogP contribution in [0.1, 0.15) is 48.8 Å². The summed E-state index contributed by atoms with van der Waals surface area (Å²) in [4.78, 5) is 0. The number of benzene rings is 1. The van der Waals surface area contributed by atoms with Crippen molar-refractivity contribution in [3.63, 3.8) is 0 Å². The molecule has 1 unspecified atom stereocenters. The van der Waals surface area contributed by atoms with Gasteiger partial charge in [-0.3, -0.25) is 0 Å². The summed E-state index contributed by atoms with van der Waals surface area (Å²) in [6, 6.07) is 10.4. The summed E-state index contributed by atoms with van der Waals surface area (Å²) in [5, 5.41) is 3.10. The lowest BCUT2D eigenvalue weighted by molar-refractivity contribution is 0.265. The lowest BCUT2D eigenvalue weighted by Crippen LogP contribution is -2.04. The fourth-order valence-corrected chi connectivity index (χ4v) is 2.28. The van der Waals surface area contributed by atoms with Gasteiger partial charge >= 0.3 is 0 Å². The smallest absolute Gasteiger partial charge is 0.146 e. The van der Waals surface area contributed by atoms with E-state index in [0.717, 1.165) is 35.8 Å². The molecule has 0 aliphatic heterocycles. The van der Waals surface area contributed by atoms with Gasteiger partial charge in [0.15, 0.2) is 0 Å². The Labute approximate surface area is 127 Å². The van der Waals surface area contributed by atoms with Crippen molar-refractivity contribution in [1.82, 2.24) is 5.32 Å². The first-order valence-electron chi connectivity index (χ1n) is 7.59. The lowest BCUT2D eigenvalue weighted by Gasteiger charge is -2.10. The Morgan fingerprint density at radius 1 is 1.24 bits per heavy atom. The van der Waals surface area contributed by atoms with Crippen molar-refractivity contribution in [2.75, 3.05) is 7.05 Å². The molecular weight excluding hydrogens is 262 g/mol. The van der Waals surface area contributed by atoms with E-state index in [-0.39, 0.29) is 0 Å². The van der Waals surface area contributed by atoms with Crippen LogP contribution in [0.2, 0.25) is 0 Å². The summed E-state index contributed by atoms with van der Waals surface area (Å²) in [5.41, 5.74) is 2.52. The first-order valence-corrected chi connectivity index (χ1v) is 7.59. The molecule has 3 nitrogen and oxygen atoms in total. The lowest BCUT2D eigenvalue weighted by atomic mass is 9.99. The maximum atomic E-state index is 5.79. The van der Waals surface area contributed by atoms with E-state index in [9.17, 15) is 0 Å². The predicted molar refractivity (Wildman–Crippen MR) is 85.7 cm³/mol. The van der Waals surface area contributed by atoms with Crippen LogP contribution in [0.25, 0.3) is 0 Å². The largest absolute Gasteiger partial charge is 0.486 e. The molecule has 21 heavy (non-hydrogen) atoms. The second-order valence-electron chi connectivity index (χ2n) is 5.52. The third-order valence-corrected chi connectivity index (χ3v) is 3.85. The fourth-order valence-electron chi connectivity index (χ4n) is 2.28. The number of nitrogens with one attached hydrogen (secondary N) is 1. The highest BCUT2D eigenvalue weighted by molar-refractivity contribution is 5.29. The zero-order valence-electron chi connectivity index (χ0n) is 13.4. The fraction of sp³-hybridized carbons (Fsp3) is 0.444. The van der Waals surface area contributed by atoms with Crippen LogP contribution in [0.4, 0.5) is 0 Å². The molecule has 1 N–H and O–H groups in total. The maximum Gasteiger partial charge on any atom is 0.146 e. The van der Waals surface area contributed by atoms with E-state index < -0.39 is 0 Å². The molecule has 2 aromatic rings. The normalized spacial score (nSPS) is 12.4. The van der Waals surface area contributed by atoms with Gasteiger partial charge in [0.2, 0.25) is 0 Å². The number of furan rings is 1. The average Bonchev–Trinajstić information content (AvgIpc) is 2.85. The molecule has 1 aromatic heterocycles. The van der Waals surface area contributed by atoms with Gasteiger partial charge < -0.3 is 14.5 Å². The molecule has 0 amide bonds. The van der Waals surface area contributed by atoms with E-state index in [1.54, 1.807) is 0 Å². The van der Waals surface area contributed by atoms with Crippen LogP contribution in [0, 0.1) is 6.92 Å². The van der Waals surface area contributed by atoms with Gasteiger partial charge in [-0.15, -0.1) is 0 Å². The van der Waals surface area contributed by atoms with Crippen molar-refractivity contribution < 1.29 is 9.15 Å².